The zero-order valence-corrected chi connectivity index (χ0v) is 10.8. The summed E-state index contributed by atoms with van der Waals surface area (Å²) in [5, 5.41) is 18.6. The molecule has 0 saturated heterocycles. The summed E-state index contributed by atoms with van der Waals surface area (Å²) in [6.07, 6.45) is 0. The minimum Gasteiger partial charge on any atom is -0.494 e. The molecule has 0 unspecified atom stereocenters. The molecule has 2 N–H and O–H groups in total. The predicted octanol–water partition coefficient (Wildman–Crippen LogP) is 2.33. The molecule has 1 aromatic carbocycles. The largest absolute Gasteiger partial charge is 0.494 e. The number of halogens is 1. The van der Waals surface area contributed by atoms with E-state index in [4.69, 9.17) is 4.74 Å². The lowest BCUT2D eigenvalue weighted by Crippen LogP contribution is -1.94. The molecule has 2 aromatic rings. The first-order valence-electron chi connectivity index (χ1n) is 5.31. The van der Waals surface area contributed by atoms with Crippen LogP contribution < -0.4 is 4.74 Å². The van der Waals surface area contributed by atoms with Gasteiger partial charge in [-0.15, -0.1) is 0 Å². The maximum atomic E-state index is 13.9. The minimum absolute atomic E-state index is 0.165. The predicted molar refractivity (Wildman–Crippen MR) is 67.9 cm³/mol. The van der Waals surface area contributed by atoms with Gasteiger partial charge in [0.1, 0.15) is 0 Å². The Labute approximate surface area is 113 Å². The molecule has 0 spiro atoms. The van der Waals surface area contributed by atoms with Gasteiger partial charge in [-0.25, -0.2) is 4.39 Å². The van der Waals surface area contributed by atoms with E-state index >= 15 is 0 Å². The van der Waals surface area contributed by atoms with Gasteiger partial charge < -0.3 is 14.9 Å². The molecule has 0 fully saturated rings. The molecule has 0 saturated carbocycles. The number of methoxy groups -OCH3 is 1. The third-order valence-electron chi connectivity index (χ3n) is 2.30. The molecule has 1 heterocycles. The van der Waals surface area contributed by atoms with Crippen LogP contribution in [0.3, 0.4) is 0 Å². The monoisotopic (exact) mass is 282 g/mol. The summed E-state index contributed by atoms with van der Waals surface area (Å²) in [5.41, 5.74) is 0.427. The van der Waals surface area contributed by atoms with E-state index in [-0.39, 0.29) is 28.4 Å². The van der Waals surface area contributed by atoms with Crippen LogP contribution >= 0.6 is 11.8 Å². The lowest BCUT2D eigenvalue weighted by molar-refractivity contribution is 0.385. The van der Waals surface area contributed by atoms with Gasteiger partial charge in [-0.05, 0) is 6.07 Å². The number of hydrogen-bond acceptors (Lipinski definition) is 6. The molecule has 100 valence electrons. The van der Waals surface area contributed by atoms with Gasteiger partial charge >= 0.3 is 0 Å². The number of thioether (sulfide) groups is 1. The van der Waals surface area contributed by atoms with Gasteiger partial charge in [0.25, 0.3) is 0 Å². The molecule has 0 atom stereocenters. The van der Waals surface area contributed by atoms with Crippen molar-refractivity contribution in [3.05, 3.63) is 35.6 Å². The van der Waals surface area contributed by atoms with Crippen LogP contribution in [0.25, 0.3) is 0 Å². The van der Waals surface area contributed by atoms with Gasteiger partial charge in [-0.1, -0.05) is 23.9 Å². The van der Waals surface area contributed by atoms with Crippen LogP contribution in [0.1, 0.15) is 5.56 Å². The van der Waals surface area contributed by atoms with Gasteiger partial charge in [0.15, 0.2) is 16.7 Å². The fourth-order valence-electron chi connectivity index (χ4n) is 1.43. The number of benzene rings is 1. The van der Waals surface area contributed by atoms with Gasteiger partial charge in [0.05, 0.1) is 13.2 Å². The van der Waals surface area contributed by atoms with E-state index in [1.165, 1.54) is 13.2 Å². The molecule has 5 nitrogen and oxygen atoms in total. The fourth-order valence-corrected chi connectivity index (χ4v) is 2.26. The number of hydrogen-bond donors (Lipinski definition) is 2. The van der Waals surface area contributed by atoms with E-state index < -0.39 is 5.82 Å². The highest BCUT2D eigenvalue weighted by molar-refractivity contribution is 7.98. The van der Waals surface area contributed by atoms with E-state index in [1.807, 2.05) is 0 Å². The third kappa shape index (κ3) is 3.25. The fraction of sp³-hybridized carbons (Fsp3) is 0.167. The Hall–Kier alpha value is -2.02. The van der Waals surface area contributed by atoms with E-state index in [9.17, 15) is 14.6 Å². The second kappa shape index (κ2) is 5.75. The lowest BCUT2D eigenvalue weighted by atomic mass is 10.2. The molecule has 0 radical (unpaired) electrons. The lowest BCUT2D eigenvalue weighted by Gasteiger charge is -2.06. The number of aromatic nitrogens is 2. The maximum absolute atomic E-state index is 13.9. The molecular weight excluding hydrogens is 271 g/mol. The summed E-state index contributed by atoms with van der Waals surface area (Å²) in [6, 6.07) is 5.85. The highest BCUT2D eigenvalue weighted by Crippen LogP contribution is 2.27. The Kier molecular flexibility index (Phi) is 4.06. The Bertz CT molecular complexity index is 575. The van der Waals surface area contributed by atoms with Crippen molar-refractivity contribution >= 4 is 11.8 Å². The Morgan fingerprint density at radius 1 is 1.26 bits per heavy atom. The quantitative estimate of drug-likeness (QED) is 0.662. The molecule has 0 bridgehead atoms. The van der Waals surface area contributed by atoms with E-state index in [0.717, 1.165) is 17.8 Å². The summed E-state index contributed by atoms with van der Waals surface area (Å²) in [4.78, 5) is 7.43. The summed E-state index contributed by atoms with van der Waals surface area (Å²) in [6.45, 7) is 0. The van der Waals surface area contributed by atoms with Gasteiger partial charge in [-0.2, -0.15) is 9.97 Å². The molecule has 0 aliphatic carbocycles. The Morgan fingerprint density at radius 2 is 1.95 bits per heavy atom. The molecule has 2 rings (SSSR count). The van der Waals surface area contributed by atoms with Crippen molar-refractivity contribution in [1.29, 1.82) is 0 Å². The topological polar surface area (TPSA) is 75.5 Å². The van der Waals surface area contributed by atoms with Gasteiger partial charge in [0.2, 0.25) is 11.8 Å². The van der Waals surface area contributed by atoms with Crippen LogP contribution in [0.4, 0.5) is 4.39 Å². The van der Waals surface area contributed by atoms with E-state index in [2.05, 4.69) is 9.97 Å². The van der Waals surface area contributed by atoms with Crippen molar-refractivity contribution in [3.8, 4) is 17.5 Å². The van der Waals surface area contributed by atoms with Crippen LogP contribution in [0.5, 0.6) is 17.5 Å². The standard InChI is InChI=1S/C12H11FN2O3S/c1-18-8-4-2-3-7(11(8)13)6-19-12-14-9(16)5-10(17)15-12/h2-5H,6H2,1H3,(H2,14,15,16,17). The van der Waals surface area contributed by atoms with Crippen LogP contribution in [0.2, 0.25) is 0 Å². The van der Waals surface area contributed by atoms with Crippen molar-refractivity contribution in [2.24, 2.45) is 0 Å². The molecule has 1 aromatic heterocycles. The zero-order valence-electron chi connectivity index (χ0n) is 10.00. The average molecular weight is 282 g/mol. The second-order valence-electron chi connectivity index (χ2n) is 3.59. The van der Waals surface area contributed by atoms with Crippen molar-refractivity contribution in [2.75, 3.05) is 7.11 Å². The first kappa shape index (κ1) is 13.4. The Balaban J connectivity index is 2.14. The van der Waals surface area contributed by atoms with Crippen molar-refractivity contribution in [2.45, 2.75) is 10.9 Å². The molecule has 0 aliphatic heterocycles. The maximum Gasteiger partial charge on any atom is 0.218 e. The highest BCUT2D eigenvalue weighted by Gasteiger charge is 2.10. The van der Waals surface area contributed by atoms with Crippen molar-refractivity contribution in [3.63, 3.8) is 0 Å². The molecule has 7 heteroatoms. The normalized spacial score (nSPS) is 10.4. The summed E-state index contributed by atoms with van der Waals surface area (Å²) >= 11 is 1.10. The smallest absolute Gasteiger partial charge is 0.218 e. The van der Waals surface area contributed by atoms with Gasteiger partial charge in [0, 0.05) is 11.3 Å². The average Bonchev–Trinajstić information content (AvgIpc) is 2.36. The first-order valence-corrected chi connectivity index (χ1v) is 6.30. The molecule has 0 aliphatic rings. The number of nitrogens with zero attached hydrogens (tertiary/aromatic N) is 2. The molecule has 19 heavy (non-hydrogen) atoms. The van der Waals surface area contributed by atoms with Crippen LogP contribution in [-0.4, -0.2) is 27.3 Å². The van der Waals surface area contributed by atoms with E-state index in [1.54, 1.807) is 12.1 Å². The summed E-state index contributed by atoms with van der Waals surface area (Å²) in [5.74, 6) is -0.687. The number of ether oxygens (including phenoxy) is 1. The first-order chi connectivity index (χ1) is 9.10. The number of aromatic hydroxyl groups is 2. The van der Waals surface area contributed by atoms with Crippen molar-refractivity contribution in [1.82, 2.24) is 9.97 Å². The SMILES string of the molecule is COc1cccc(CSc2nc(O)cc(O)n2)c1F. The second-order valence-corrected chi connectivity index (χ2v) is 4.53. The van der Waals surface area contributed by atoms with Gasteiger partial charge in [-0.3, -0.25) is 0 Å². The minimum atomic E-state index is -0.443. The van der Waals surface area contributed by atoms with Crippen LogP contribution in [-0.2, 0) is 5.75 Å². The van der Waals surface area contributed by atoms with Crippen LogP contribution in [0.15, 0.2) is 29.4 Å². The Morgan fingerprint density at radius 3 is 2.58 bits per heavy atom. The van der Waals surface area contributed by atoms with Crippen molar-refractivity contribution < 1.29 is 19.3 Å². The van der Waals surface area contributed by atoms with Crippen LogP contribution in [0, 0.1) is 5.82 Å². The van der Waals surface area contributed by atoms with E-state index in [0.29, 0.717) is 5.56 Å². The molecule has 0 amide bonds. The zero-order chi connectivity index (χ0) is 13.8. The highest BCUT2D eigenvalue weighted by atomic mass is 32.2. The summed E-state index contributed by atoms with van der Waals surface area (Å²) < 4.78 is 18.7. The third-order valence-corrected chi connectivity index (χ3v) is 3.19. The molecular formula is C12H11FN2O3S. The summed E-state index contributed by atoms with van der Waals surface area (Å²) in [7, 11) is 1.39. The number of rotatable bonds is 4.